The molecular weight excluding hydrogens is 324 g/mol. The molecule has 25 heavy (non-hydrogen) atoms. The molecule has 0 saturated heterocycles. The first-order chi connectivity index (χ1) is 12.0. The van der Waals surface area contributed by atoms with Crippen molar-refractivity contribution < 1.29 is 24.2 Å². The number of fused-ring (bicyclic) bond motifs is 1. The van der Waals surface area contributed by atoms with Gasteiger partial charge in [-0.15, -0.1) is 0 Å². The van der Waals surface area contributed by atoms with Crippen LogP contribution in [0.2, 0.25) is 0 Å². The number of carbonyl (C=O) groups excluding carboxylic acids is 1. The molecule has 0 radical (unpaired) electrons. The number of aromatic carboxylic acids is 1. The highest BCUT2D eigenvalue weighted by Gasteiger charge is 2.21. The highest BCUT2D eigenvalue weighted by atomic mass is 16.7. The fourth-order valence-electron chi connectivity index (χ4n) is 2.98. The van der Waals surface area contributed by atoms with Crippen molar-refractivity contribution in [3.63, 3.8) is 0 Å². The van der Waals surface area contributed by atoms with Crippen LogP contribution >= 0.6 is 0 Å². The summed E-state index contributed by atoms with van der Waals surface area (Å²) in [6.07, 6.45) is 1.79. The average molecular weight is 344 g/mol. The van der Waals surface area contributed by atoms with E-state index in [2.05, 4.69) is 5.32 Å². The maximum absolute atomic E-state index is 12.3. The van der Waals surface area contributed by atoms with E-state index in [9.17, 15) is 14.7 Å². The third-order valence-corrected chi connectivity index (χ3v) is 4.19. The number of carboxylic acid groups (broad SMARTS) is 1. The maximum atomic E-state index is 12.3. The first kappa shape index (κ1) is 16.9. The number of carbonyl (C=O) groups is 2. The number of aromatic nitrogens is 1. The van der Waals surface area contributed by atoms with Crippen molar-refractivity contribution in [2.75, 3.05) is 6.79 Å². The summed E-state index contributed by atoms with van der Waals surface area (Å²) in [5.41, 5.74) is 2.28. The lowest BCUT2D eigenvalue weighted by Crippen LogP contribution is -2.26. The molecule has 3 rings (SSSR count). The molecule has 0 bridgehead atoms. The summed E-state index contributed by atoms with van der Waals surface area (Å²) in [5.74, 6) is 0.115. The maximum Gasteiger partial charge on any atom is 0.337 e. The number of rotatable bonds is 6. The summed E-state index contributed by atoms with van der Waals surface area (Å²) in [7, 11) is 0. The van der Waals surface area contributed by atoms with Crippen LogP contribution in [0.3, 0.4) is 0 Å². The molecular formula is C18H20N2O5. The van der Waals surface area contributed by atoms with Gasteiger partial charge in [0.2, 0.25) is 12.7 Å². The van der Waals surface area contributed by atoms with Gasteiger partial charge in [0.05, 0.1) is 12.0 Å². The number of nitrogens with one attached hydrogen (secondary N) is 1. The third kappa shape index (κ3) is 3.45. The molecule has 1 aromatic carbocycles. The number of nitrogens with zero attached hydrogens (tertiary/aromatic N) is 1. The first-order valence-electron chi connectivity index (χ1n) is 8.06. The third-order valence-electron chi connectivity index (χ3n) is 4.19. The summed E-state index contributed by atoms with van der Waals surface area (Å²) in [6.45, 7) is 4.81. The Kier molecular flexibility index (Phi) is 4.65. The van der Waals surface area contributed by atoms with E-state index in [-0.39, 0.29) is 24.7 Å². The number of amides is 1. The minimum absolute atomic E-state index is 0.0217. The van der Waals surface area contributed by atoms with Crippen LogP contribution in [-0.2, 0) is 24.3 Å². The Morgan fingerprint density at radius 3 is 2.76 bits per heavy atom. The second-order valence-electron chi connectivity index (χ2n) is 5.87. The Hall–Kier alpha value is -2.96. The number of carboxylic acids is 1. The van der Waals surface area contributed by atoms with E-state index < -0.39 is 5.97 Å². The first-order valence-corrected chi connectivity index (χ1v) is 8.06. The molecule has 0 aliphatic carbocycles. The second-order valence-corrected chi connectivity index (χ2v) is 5.87. The molecule has 1 aliphatic heterocycles. The van der Waals surface area contributed by atoms with E-state index >= 15 is 0 Å². The number of ether oxygens (including phenoxy) is 2. The van der Waals surface area contributed by atoms with Gasteiger partial charge in [-0.2, -0.15) is 0 Å². The van der Waals surface area contributed by atoms with E-state index in [0.29, 0.717) is 35.8 Å². The Bertz CT molecular complexity index is 825. The minimum Gasteiger partial charge on any atom is -0.478 e. The van der Waals surface area contributed by atoms with E-state index in [0.717, 1.165) is 5.56 Å². The molecule has 0 atom stereocenters. The zero-order valence-electron chi connectivity index (χ0n) is 14.2. The molecule has 0 fully saturated rings. The molecule has 1 aliphatic rings. The van der Waals surface area contributed by atoms with Gasteiger partial charge in [0.1, 0.15) is 0 Å². The number of benzene rings is 1. The normalized spacial score (nSPS) is 12.2. The van der Waals surface area contributed by atoms with Gasteiger partial charge in [-0.25, -0.2) is 4.79 Å². The summed E-state index contributed by atoms with van der Waals surface area (Å²) in [6, 6.07) is 5.48. The van der Waals surface area contributed by atoms with Crippen molar-refractivity contribution in [3.05, 3.63) is 46.8 Å². The number of hydrogen-bond donors (Lipinski definition) is 2. The topological polar surface area (TPSA) is 89.8 Å². The zero-order chi connectivity index (χ0) is 18.0. The summed E-state index contributed by atoms with van der Waals surface area (Å²) in [5, 5.41) is 12.2. The predicted octanol–water partition coefficient (Wildman–Crippen LogP) is 2.10. The van der Waals surface area contributed by atoms with Gasteiger partial charge in [0.25, 0.3) is 0 Å². The number of hydrogen-bond acceptors (Lipinski definition) is 4. The predicted molar refractivity (Wildman–Crippen MR) is 89.9 cm³/mol. The minimum atomic E-state index is -1.01. The van der Waals surface area contributed by atoms with Crippen LogP contribution in [0.15, 0.2) is 24.4 Å². The van der Waals surface area contributed by atoms with Gasteiger partial charge < -0.3 is 24.5 Å². The quantitative estimate of drug-likeness (QED) is 0.838. The van der Waals surface area contributed by atoms with E-state index in [1.54, 1.807) is 23.8 Å². The van der Waals surface area contributed by atoms with Crippen molar-refractivity contribution in [2.45, 2.75) is 33.4 Å². The molecule has 0 saturated carbocycles. The van der Waals surface area contributed by atoms with Crippen LogP contribution in [0, 0.1) is 6.92 Å². The van der Waals surface area contributed by atoms with E-state index in [4.69, 9.17) is 9.47 Å². The Balaban J connectivity index is 1.68. The zero-order valence-corrected chi connectivity index (χ0v) is 14.2. The molecule has 2 N–H and O–H groups in total. The molecule has 7 heteroatoms. The van der Waals surface area contributed by atoms with Crippen molar-refractivity contribution in [3.8, 4) is 11.5 Å². The fraction of sp³-hybridized carbons (Fsp3) is 0.333. The Morgan fingerprint density at radius 2 is 2.04 bits per heavy atom. The summed E-state index contributed by atoms with van der Waals surface area (Å²) < 4.78 is 12.4. The highest BCUT2D eigenvalue weighted by Crippen LogP contribution is 2.32. The lowest BCUT2D eigenvalue weighted by Gasteiger charge is -2.09. The Morgan fingerprint density at radius 1 is 1.28 bits per heavy atom. The van der Waals surface area contributed by atoms with Gasteiger partial charge in [0.15, 0.2) is 11.5 Å². The largest absolute Gasteiger partial charge is 0.478 e. The van der Waals surface area contributed by atoms with E-state index in [1.807, 2.05) is 19.1 Å². The molecule has 1 aromatic heterocycles. The van der Waals surface area contributed by atoms with Gasteiger partial charge in [-0.3, -0.25) is 4.79 Å². The van der Waals surface area contributed by atoms with Crippen LogP contribution in [0.4, 0.5) is 0 Å². The van der Waals surface area contributed by atoms with E-state index in [1.165, 1.54) is 0 Å². The molecule has 2 heterocycles. The van der Waals surface area contributed by atoms with Gasteiger partial charge in [-0.1, -0.05) is 6.07 Å². The highest BCUT2D eigenvalue weighted by molar-refractivity contribution is 5.93. The van der Waals surface area contributed by atoms with Gasteiger partial charge >= 0.3 is 5.97 Å². The summed E-state index contributed by atoms with van der Waals surface area (Å²) >= 11 is 0. The van der Waals surface area contributed by atoms with Gasteiger partial charge in [0, 0.05) is 25.0 Å². The monoisotopic (exact) mass is 344 g/mol. The molecule has 1 amide bonds. The number of aryl methyl sites for hydroxylation is 2. The van der Waals surface area contributed by atoms with Crippen molar-refractivity contribution in [2.24, 2.45) is 0 Å². The van der Waals surface area contributed by atoms with Gasteiger partial charge in [-0.05, 0) is 37.1 Å². The van der Waals surface area contributed by atoms with Crippen LogP contribution in [0.5, 0.6) is 11.5 Å². The average Bonchev–Trinajstić information content (AvgIpc) is 3.16. The smallest absolute Gasteiger partial charge is 0.337 e. The molecule has 0 spiro atoms. The van der Waals surface area contributed by atoms with Crippen molar-refractivity contribution in [1.29, 1.82) is 0 Å². The molecule has 132 valence electrons. The molecule has 0 unspecified atom stereocenters. The van der Waals surface area contributed by atoms with Crippen LogP contribution in [0.1, 0.15) is 34.1 Å². The molecule has 7 nitrogen and oxygen atoms in total. The lowest BCUT2D eigenvalue weighted by atomic mass is 10.1. The Labute approximate surface area is 145 Å². The standard InChI is InChI=1S/C18H20N2O5/c1-3-20-9-11(2)17(18(22)23)13(20)7-16(21)19-8-12-4-5-14-15(6-12)25-10-24-14/h4-6,9H,3,7-8,10H2,1-2H3,(H,19,21)(H,22,23). The fourth-order valence-corrected chi connectivity index (χ4v) is 2.98. The molecule has 2 aromatic rings. The van der Waals surface area contributed by atoms with Crippen LogP contribution in [-0.4, -0.2) is 28.3 Å². The second kappa shape index (κ2) is 6.88. The van der Waals surface area contributed by atoms with Crippen LogP contribution < -0.4 is 14.8 Å². The van der Waals surface area contributed by atoms with Crippen LogP contribution in [0.25, 0.3) is 0 Å². The van der Waals surface area contributed by atoms with Crippen molar-refractivity contribution in [1.82, 2.24) is 9.88 Å². The summed E-state index contributed by atoms with van der Waals surface area (Å²) in [4.78, 5) is 23.8. The van der Waals surface area contributed by atoms with Crippen molar-refractivity contribution >= 4 is 11.9 Å². The SMILES string of the molecule is CCn1cc(C)c(C(=O)O)c1CC(=O)NCc1ccc2c(c1)OCO2. The lowest BCUT2D eigenvalue weighted by molar-refractivity contribution is -0.120.